The summed E-state index contributed by atoms with van der Waals surface area (Å²) in [4.78, 5) is 17.6. The van der Waals surface area contributed by atoms with Crippen LogP contribution in [0.25, 0.3) is 0 Å². The van der Waals surface area contributed by atoms with Gasteiger partial charge >= 0.3 is 0 Å². The molecule has 1 amide bonds. The predicted octanol–water partition coefficient (Wildman–Crippen LogP) is 3.89. The number of carbonyl (C=O) groups excluding carboxylic acids is 1. The Kier molecular flexibility index (Phi) is 9.22. The number of likely N-dealkylation sites (tertiary alicyclic amines) is 2. The smallest absolute Gasteiger partial charge is 0.219 e. The second-order valence-corrected chi connectivity index (χ2v) is 11.2. The number of hydrogen-bond acceptors (Lipinski definition) is 4. The van der Waals surface area contributed by atoms with Gasteiger partial charge in [-0.1, -0.05) is 30.3 Å². The van der Waals surface area contributed by atoms with E-state index in [2.05, 4.69) is 64.6 Å². The number of piperidine rings is 3. The van der Waals surface area contributed by atoms with E-state index in [-0.39, 0.29) is 5.91 Å². The van der Waals surface area contributed by atoms with Crippen LogP contribution in [-0.2, 0) is 11.3 Å². The highest BCUT2D eigenvalue weighted by molar-refractivity contribution is 5.75. The second kappa shape index (κ2) is 12.3. The molecule has 0 spiro atoms. The van der Waals surface area contributed by atoms with Crippen molar-refractivity contribution < 1.29 is 4.79 Å². The summed E-state index contributed by atoms with van der Waals surface area (Å²) in [6, 6.07) is 12.1. The Balaban J connectivity index is 1.10. The summed E-state index contributed by atoms with van der Waals surface area (Å²) >= 11 is 0. The van der Waals surface area contributed by atoms with Crippen LogP contribution in [0.15, 0.2) is 30.3 Å². The fraction of sp³-hybridized carbons (Fsp3) is 0.750. The van der Waals surface area contributed by atoms with Crippen LogP contribution in [-0.4, -0.2) is 67.1 Å². The molecule has 5 heteroatoms. The molecule has 3 saturated heterocycles. The lowest BCUT2D eigenvalue weighted by molar-refractivity contribution is -0.121. The van der Waals surface area contributed by atoms with Gasteiger partial charge in [0.05, 0.1) is 0 Å². The Morgan fingerprint density at radius 2 is 1.91 bits per heavy atom. The van der Waals surface area contributed by atoms with E-state index in [4.69, 9.17) is 0 Å². The number of rotatable bonds is 10. The number of carbonyl (C=O) groups is 1. The molecule has 33 heavy (non-hydrogen) atoms. The van der Waals surface area contributed by atoms with Crippen molar-refractivity contribution in [2.24, 2.45) is 17.8 Å². The summed E-state index contributed by atoms with van der Waals surface area (Å²) in [6.45, 7) is 12.5. The van der Waals surface area contributed by atoms with Gasteiger partial charge in [0.1, 0.15) is 0 Å². The molecule has 1 aromatic rings. The highest BCUT2D eigenvalue weighted by Gasteiger charge is 2.36. The van der Waals surface area contributed by atoms with Crippen molar-refractivity contribution >= 4 is 5.91 Å². The SMILES string of the molecule is CC(C)N1CCC(CCNC(=O)CCC[C@H]2NC[C@@H]3C[C@H]2CN(Cc2ccccc2)C3)CC1. The molecule has 3 atom stereocenters. The highest BCUT2D eigenvalue weighted by atomic mass is 16.1. The first-order valence-corrected chi connectivity index (χ1v) is 13.6. The van der Waals surface area contributed by atoms with E-state index in [1.807, 2.05) is 0 Å². The van der Waals surface area contributed by atoms with Gasteiger partial charge in [-0.15, -0.1) is 0 Å². The third kappa shape index (κ3) is 7.53. The second-order valence-electron chi connectivity index (χ2n) is 11.2. The van der Waals surface area contributed by atoms with Crippen molar-refractivity contribution in [2.75, 3.05) is 39.3 Å². The van der Waals surface area contributed by atoms with Crippen LogP contribution in [0, 0.1) is 17.8 Å². The van der Waals surface area contributed by atoms with Crippen molar-refractivity contribution in [1.82, 2.24) is 20.4 Å². The van der Waals surface area contributed by atoms with E-state index in [0.29, 0.717) is 18.5 Å². The molecule has 1 aromatic carbocycles. The van der Waals surface area contributed by atoms with Crippen molar-refractivity contribution in [3.63, 3.8) is 0 Å². The molecule has 2 bridgehead atoms. The quantitative estimate of drug-likeness (QED) is 0.563. The maximum atomic E-state index is 12.4. The first kappa shape index (κ1) is 24.7. The number of hydrogen-bond donors (Lipinski definition) is 2. The van der Waals surface area contributed by atoms with Crippen LogP contribution in [0.5, 0.6) is 0 Å². The van der Waals surface area contributed by atoms with Gasteiger partial charge in [0, 0.05) is 44.7 Å². The lowest BCUT2D eigenvalue weighted by Crippen LogP contribution is -2.55. The summed E-state index contributed by atoms with van der Waals surface area (Å²) < 4.78 is 0. The molecule has 0 unspecified atom stereocenters. The Labute approximate surface area is 201 Å². The molecule has 0 aliphatic carbocycles. The third-order valence-electron chi connectivity index (χ3n) is 8.31. The molecule has 3 aliphatic heterocycles. The number of nitrogens with zero attached hydrogens (tertiary/aromatic N) is 2. The van der Waals surface area contributed by atoms with Crippen molar-refractivity contribution in [3.8, 4) is 0 Å². The Morgan fingerprint density at radius 1 is 1.12 bits per heavy atom. The maximum absolute atomic E-state index is 12.4. The minimum atomic E-state index is 0.248. The van der Waals surface area contributed by atoms with Gasteiger partial charge < -0.3 is 15.5 Å². The van der Waals surface area contributed by atoms with Gasteiger partial charge in [-0.05, 0) is 95.3 Å². The van der Waals surface area contributed by atoms with Crippen molar-refractivity contribution in [2.45, 2.75) is 77.4 Å². The van der Waals surface area contributed by atoms with Crippen LogP contribution in [0.4, 0.5) is 0 Å². The van der Waals surface area contributed by atoms with Crippen LogP contribution in [0.2, 0.25) is 0 Å². The van der Waals surface area contributed by atoms with Crippen LogP contribution in [0.3, 0.4) is 0 Å². The molecule has 0 saturated carbocycles. The Morgan fingerprint density at radius 3 is 2.67 bits per heavy atom. The van der Waals surface area contributed by atoms with E-state index in [1.165, 1.54) is 51.0 Å². The minimum Gasteiger partial charge on any atom is -0.356 e. The van der Waals surface area contributed by atoms with Crippen LogP contribution < -0.4 is 10.6 Å². The molecule has 3 aliphatic rings. The molecule has 4 rings (SSSR count). The predicted molar refractivity (Wildman–Crippen MR) is 136 cm³/mol. The number of fused-ring (bicyclic) bond motifs is 2. The molecule has 0 aromatic heterocycles. The van der Waals surface area contributed by atoms with E-state index in [1.54, 1.807) is 0 Å². The standard InChI is InChI=1S/C28H46N4O/c1-22(2)32-15-12-23(13-16-32)11-14-29-28(33)10-6-9-27-26-17-25(18-30-27)20-31(21-26)19-24-7-4-3-5-8-24/h3-5,7-8,22-23,25-27,30H,6,9-21H2,1-2H3,(H,29,33)/t25-,26-,27+/m0/s1. The summed E-state index contributed by atoms with van der Waals surface area (Å²) in [7, 11) is 0. The van der Waals surface area contributed by atoms with Gasteiger partial charge in [0.25, 0.3) is 0 Å². The van der Waals surface area contributed by atoms with Gasteiger partial charge in [0.2, 0.25) is 5.91 Å². The first-order valence-electron chi connectivity index (χ1n) is 13.6. The molecular weight excluding hydrogens is 408 g/mol. The topological polar surface area (TPSA) is 47.6 Å². The molecule has 2 N–H and O–H groups in total. The molecule has 0 radical (unpaired) electrons. The van der Waals surface area contributed by atoms with Crippen molar-refractivity contribution in [3.05, 3.63) is 35.9 Å². The van der Waals surface area contributed by atoms with Crippen LogP contribution in [0.1, 0.15) is 64.4 Å². The van der Waals surface area contributed by atoms with Gasteiger partial charge in [-0.3, -0.25) is 9.69 Å². The summed E-state index contributed by atoms with van der Waals surface area (Å²) in [6.07, 6.45) is 7.85. The fourth-order valence-electron chi connectivity index (χ4n) is 6.33. The molecule has 3 heterocycles. The Bertz CT molecular complexity index is 716. The number of benzene rings is 1. The fourth-order valence-corrected chi connectivity index (χ4v) is 6.33. The zero-order valence-electron chi connectivity index (χ0n) is 21.0. The zero-order chi connectivity index (χ0) is 23.0. The van der Waals surface area contributed by atoms with E-state index >= 15 is 0 Å². The highest BCUT2D eigenvalue weighted by Crippen LogP contribution is 2.31. The molecule has 184 valence electrons. The summed E-state index contributed by atoms with van der Waals surface area (Å²) in [5.74, 6) is 2.53. The van der Waals surface area contributed by atoms with Gasteiger partial charge in [-0.2, -0.15) is 0 Å². The molecular formula is C28H46N4O. The molecule has 5 nitrogen and oxygen atoms in total. The first-order chi connectivity index (χ1) is 16.1. The average Bonchev–Trinajstić information content (AvgIpc) is 2.81. The van der Waals surface area contributed by atoms with Crippen molar-refractivity contribution in [1.29, 1.82) is 0 Å². The van der Waals surface area contributed by atoms with E-state index in [0.717, 1.165) is 56.7 Å². The van der Waals surface area contributed by atoms with Crippen LogP contribution >= 0.6 is 0 Å². The van der Waals surface area contributed by atoms with E-state index < -0.39 is 0 Å². The molecule has 3 fully saturated rings. The number of amides is 1. The number of nitrogens with one attached hydrogen (secondary N) is 2. The minimum absolute atomic E-state index is 0.248. The normalized spacial score (nSPS) is 27.1. The van der Waals surface area contributed by atoms with Gasteiger partial charge in [-0.25, -0.2) is 0 Å². The summed E-state index contributed by atoms with van der Waals surface area (Å²) in [5.41, 5.74) is 1.42. The average molecular weight is 455 g/mol. The Hall–Kier alpha value is -1.43. The zero-order valence-corrected chi connectivity index (χ0v) is 21.0. The summed E-state index contributed by atoms with van der Waals surface area (Å²) in [5, 5.41) is 7.01. The maximum Gasteiger partial charge on any atom is 0.219 e. The third-order valence-corrected chi connectivity index (χ3v) is 8.31. The monoisotopic (exact) mass is 454 g/mol. The van der Waals surface area contributed by atoms with E-state index in [9.17, 15) is 4.79 Å². The largest absolute Gasteiger partial charge is 0.356 e. The lowest BCUT2D eigenvalue weighted by Gasteiger charge is -2.46. The van der Waals surface area contributed by atoms with Gasteiger partial charge in [0.15, 0.2) is 0 Å². The lowest BCUT2D eigenvalue weighted by atomic mass is 9.79.